The summed E-state index contributed by atoms with van der Waals surface area (Å²) in [6, 6.07) is 0. The smallest absolute Gasteiger partial charge is 0.0169 e. The Morgan fingerprint density at radius 1 is 0.400 bits per heavy atom. The first-order valence-corrected chi connectivity index (χ1v) is 10.3. The van der Waals surface area contributed by atoms with Gasteiger partial charge in [-0.2, -0.15) is 0 Å². The first kappa shape index (κ1) is 23.4. The van der Waals surface area contributed by atoms with Crippen LogP contribution in [0.3, 0.4) is 0 Å². The van der Waals surface area contributed by atoms with Gasteiger partial charge in [0.1, 0.15) is 0 Å². The highest BCUT2D eigenvalue weighted by atomic mass is 13.9. The first-order valence-electron chi connectivity index (χ1n) is 10.3. The number of unbranched alkanes of at least 4 members (excludes halogenated alkanes) is 4. The monoisotopic (exact) mass is 340 g/mol. The molecule has 0 unspecified atom stereocenters. The summed E-state index contributed by atoms with van der Waals surface area (Å²) in [4.78, 5) is 0. The zero-order valence-electron chi connectivity index (χ0n) is 16.7. The molecule has 0 rings (SSSR count). The third kappa shape index (κ3) is 22.4. The number of hydrogen-bond acceptors (Lipinski definition) is 0. The number of hydrogen-bond donors (Lipinski definition) is 0. The van der Waals surface area contributed by atoms with Gasteiger partial charge in [-0.1, -0.05) is 106 Å². The molecular formula is C25H40. The molecule has 0 bridgehead atoms. The van der Waals surface area contributed by atoms with E-state index < -0.39 is 0 Å². The molecule has 140 valence electrons. The van der Waals surface area contributed by atoms with E-state index in [1.165, 1.54) is 32.1 Å². The second-order valence-electron chi connectivity index (χ2n) is 6.26. The van der Waals surface area contributed by atoms with Crippen LogP contribution in [-0.2, 0) is 0 Å². The Morgan fingerprint density at radius 2 is 0.800 bits per heavy atom. The van der Waals surface area contributed by atoms with Crippen molar-refractivity contribution in [2.24, 2.45) is 0 Å². The van der Waals surface area contributed by atoms with Gasteiger partial charge in [-0.3, -0.25) is 0 Å². The van der Waals surface area contributed by atoms with Gasteiger partial charge in [0.25, 0.3) is 0 Å². The second-order valence-corrected chi connectivity index (χ2v) is 6.26. The molecule has 0 aromatic carbocycles. The van der Waals surface area contributed by atoms with E-state index in [1.54, 1.807) is 0 Å². The zero-order valence-corrected chi connectivity index (χ0v) is 16.7. The van der Waals surface area contributed by atoms with Crippen molar-refractivity contribution in [3.63, 3.8) is 0 Å². The highest BCUT2D eigenvalue weighted by Crippen LogP contribution is 2.03. The predicted octanol–water partition coefficient (Wildman–Crippen LogP) is 8.65. The van der Waals surface area contributed by atoms with Gasteiger partial charge in [0.05, 0.1) is 0 Å². The lowest BCUT2D eigenvalue weighted by molar-refractivity contribution is 0.674. The third-order valence-electron chi connectivity index (χ3n) is 3.82. The second kappa shape index (κ2) is 22.4. The summed E-state index contributed by atoms with van der Waals surface area (Å²) in [6.07, 6.45) is 40.1. The predicted molar refractivity (Wildman–Crippen MR) is 117 cm³/mol. The van der Waals surface area contributed by atoms with Gasteiger partial charge in [-0.25, -0.2) is 0 Å². The average Bonchev–Trinajstić information content (AvgIpc) is 2.63. The highest BCUT2D eigenvalue weighted by Gasteiger charge is 1.83. The largest absolute Gasteiger partial charge is 0.0885 e. The van der Waals surface area contributed by atoms with Gasteiger partial charge in [0.2, 0.25) is 0 Å². The third-order valence-corrected chi connectivity index (χ3v) is 3.82. The fourth-order valence-electron chi connectivity index (χ4n) is 2.33. The van der Waals surface area contributed by atoms with Gasteiger partial charge >= 0.3 is 0 Å². The van der Waals surface area contributed by atoms with Crippen molar-refractivity contribution in [3.05, 3.63) is 72.9 Å². The fraction of sp³-hybridized carbons (Fsp3) is 0.520. The van der Waals surface area contributed by atoms with Crippen LogP contribution in [0.5, 0.6) is 0 Å². The summed E-state index contributed by atoms with van der Waals surface area (Å²) in [7, 11) is 0. The van der Waals surface area contributed by atoms with E-state index in [2.05, 4.69) is 86.8 Å². The Hall–Kier alpha value is -1.56. The molecule has 0 aliphatic heterocycles. The highest BCUT2D eigenvalue weighted by molar-refractivity contribution is 5.01. The summed E-state index contributed by atoms with van der Waals surface area (Å²) in [5, 5.41) is 0. The van der Waals surface area contributed by atoms with Crippen LogP contribution in [0, 0.1) is 0 Å². The van der Waals surface area contributed by atoms with Crippen LogP contribution in [-0.4, -0.2) is 0 Å². The minimum absolute atomic E-state index is 1.04. The Bertz CT molecular complexity index is 415. The van der Waals surface area contributed by atoms with Crippen LogP contribution < -0.4 is 0 Å². The molecule has 0 aromatic heterocycles. The molecular weight excluding hydrogens is 300 g/mol. The van der Waals surface area contributed by atoms with Crippen LogP contribution in [0.2, 0.25) is 0 Å². The lowest BCUT2D eigenvalue weighted by Crippen LogP contribution is -1.73. The molecule has 0 radical (unpaired) electrons. The Morgan fingerprint density at radius 3 is 1.20 bits per heavy atom. The SMILES string of the molecule is CCC=CCC=CCC=CCC=CCC=CCC=CCCCCCC. The Kier molecular flexibility index (Phi) is 21.0. The summed E-state index contributed by atoms with van der Waals surface area (Å²) >= 11 is 0. The van der Waals surface area contributed by atoms with E-state index in [9.17, 15) is 0 Å². The van der Waals surface area contributed by atoms with Crippen LogP contribution in [0.4, 0.5) is 0 Å². The average molecular weight is 341 g/mol. The van der Waals surface area contributed by atoms with E-state index in [0.29, 0.717) is 0 Å². The fourth-order valence-corrected chi connectivity index (χ4v) is 2.33. The Balaban J connectivity index is 3.45. The molecule has 0 saturated heterocycles. The van der Waals surface area contributed by atoms with Crippen molar-refractivity contribution in [1.82, 2.24) is 0 Å². The molecule has 0 saturated carbocycles. The van der Waals surface area contributed by atoms with Gasteiger partial charge < -0.3 is 0 Å². The van der Waals surface area contributed by atoms with Crippen LogP contribution in [0.1, 0.15) is 84.5 Å². The van der Waals surface area contributed by atoms with Crippen molar-refractivity contribution >= 4 is 0 Å². The molecule has 0 amide bonds. The van der Waals surface area contributed by atoms with Crippen molar-refractivity contribution in [2.75, 3.05) is 0 Å². The summed E-state index contributed by atoms with van der Waals surface area (Å²) in [5.41, 5.74) is 0. The van der Waals surface area contributed by atoms with Crippen molar-refractivity contribution in [1.29, 1.82) is 0 Å². The molecule has 0 heteroatoms. The minimum atomic E-state index is 1.04. The summed E-state index contributed by atoms with van der Waals surface area (Å²) < 4.78 is 0. The van der Waals surface area contributed by atoms with Crippen LogP contribution in [0.15, 0.2) is 72.9 Å². The van der Waals surface area contributed by atoms with E-state index >= 15 is 0 Å². The minimum Gasteiger partial charge on any atom is -0.0885 e. The quantitative estimate of drug-likeness (QED) is 0.195. The zero-order chi connectivity index (χ0) is 18.3. The molecule has 0 fully saturated rings. The molecule has 0 N–H and O–H groups in total. The lowest BCUT2D eigenvalue weighted by atomic mass is 10.1. The molecule has 0 aliphatic rings. The van der Waals surface area contributed by atoms with E-state index in [1.807, 2.05) is 0 Å². The summed E-state index contributed by atoms with van der Waals surface area (Å²) in [5.74, 6) is 0. The maximum atomic E-state index is 2.33. The molecule has 0 heterocycles. The normalized spacial score (nSPS) is 13.2. The number of rotatable bonds is 16. The van der Waals surface area contributed by atoms with Crippen molar-refractivity contribution in [3.8, 4) is 0 Å². The van der Waals surface area contributed by atoms with Crippen LogP contribution >= 0.6 is 0 Å². The lowest BCUT2D eigenvalue weighted by Gasteiger charge is -1.93. The Labute approximate surface area is 157 Å². The van der Waals surface area contributed by atoms with E-state index in [4.69, 9.17) is 0 Å². The van der Waals surface area contributed by atoms with Crippen molar-refractivity contribution in [2.45, 2.75) is 84.5 Å². The van der Waals surface area contributed by atoms with E-state index in [0.717, 1.165) is 38.5 Å². The maximum Gasteiger partial charge on any atom is -0.0169 e. The first-order chi connectivity index (χ1) is 12.4. The van der Waals surface area contributed by atoms with Crippen LogP contribution in [0.25, 0.3) is 0 Å². The topological polar surface area (TPSA) is 0 Å². The standard InChI is InChI=1S/C25H40/c1-3-5-7-9-11-13-15-17-19-21-23-25-24-22-20-18-16-14-12-10-8-6-4-2/h5,7,11,13-14,16-17,19-20,22-23,25H,3-4,6,8-10,12,15,18,21,24H2,1-2H3. The maximum absolute atomic E-state index is 2.33. The van der Waals surface area contributed by atoms with Gasteiger partial charge in [-0.05, 0) is 51.4 Å². The summed E-state index contributed by atoms with van der Waals surface area (Å²) in [6.45, 7) is 4.43. The van der Waals surface area contributed by atoms with Gasteiger partial charge in [0, 0.05) is 0 Å². The van der Waals surface area contributed by atoms with Crippen molar-refractivity contribution < 1.29 is 0 Å². The van der Waals surface area contributed by atoms with Gasteiger partial charge in [-0.15, -0.1) is 0 Å². The molecule has 0 spiro atoms. The van der Waals surface area contributed by atoms with Gasteiger partial charge in [0.15, 0.2) is 0 Å². The molecule has 0 aromatic rings. The van der Waals surface area contributed by atoms with E-state index in [-0.39, 0.29) is 0 Å². The molecule has 0 atom stereocenters. The molecule has 0 nitrogen and oxygen atoms in total. The number of allylic oxidation sites excluding steroid dienone is 12. The molecule has 0 aliphatic carbocycles. The molecule has 25 heavy (non-hydrogen) atoms.